The largest absolute Gasteiger partial charge is 0.478 e. The number of amides is 2. The number of hydrogen-bond acceptors (Lipinski definition) is 4. The van der Waals surface area contributed by atoms with Crippen LogP contribution in [-0.2, 0) is 9.84 Å². The first-order chi connectivity index (χ1) is 9.63. The Bertz CT molecular complexity index is 642. The van der Waals surface area contributed by atoms with E-state index < -0.39 is 21.8 Å². The number of rotatable bonds is 5. The van der Waals surface area contributed by atoms with Gasteiger partial charge in [0.05, 0.1) is 17.0 Å². The maximum atomic E-state index is 12.2. The van der Waals surface area contributed by atoms with Crippen LogP contribution in [0.1, 0.15) is 10.4 Å². The summed E-state index contributed by atoms with van der Waals surface area (Å²) in [6.07, 6.45) is 1.09. The maximum absolute atomic E-state index is 12.2. The molecule has 7 nitrogen and oxygen atoms in total. The number of carbonyl (C=O) groups excluding carboxylic acids is 1. The van der Waals surface area contributed by atoms with Crippen LogP contribution in [0.15, 0.2) is 24.3 Å². The molecule has 1 rings (SSSR count). The van der Waals surface area contributed by atoms with Crippen LogP contribution in [-0.4, -0.2) is 63.1 Å². The standard InChI is InChI=1S/C13H18N2O5S/c1-14(8-9-21(3,19)20)13(18)15(2)11-7-5-4-6-10(11)12(16)17/h4-7H,8-9H2,1-3H3,(H,16,17). The molecule has 0 bridgehead atoms. The topological polar surface area (TPSA) is 95.0 Å². The number of hydrogen-bond donors (Lipinski definition) is 1. The molecule has 0 atom stereocenters. The lowest BCUT2D eigenvalue weighted by Crippen LogP contribution is -2.41. The highest BCUT2D eigenvalue weighted by atomic mass is 32.2. The van der Waals surface area contributed by atoms with E-state index in [4.69, 9.17) is 5.11 Å². The highest BCUT2D eigenvalue weighted by Gasteiger charge is 2.21. The number of nitrogens with zero attached hydrogens (tertiary/aromatic N) is 2. The molecule has 0 saturated heterocycles. The van der Waals surface area contributed by atoms with Gasteiger partial charge in [-0.05, 0) is 12.1 Å². The van der Waals surface area contributed by atoms with Gasteiger partial charge in [0.2, 0.25) is 0 Å². The number of carboxylic acid groups (broad SMARTS) is 1. The summed E-state index contributed by atoms with van der Waals surface area (Å²) in [5, 5.41) is 9.11. The minimum Gasteiger partial charge on any atom is -0.478 e. The van der Waals surface area contributed by atoms with Gasteiger partial charge in [-0.3, -0.25) is 4.90 Å². The first-order valence-corrected chi connectivity index (χ1v) is 8.18. The summed E-state index contributed by atoms with van der Waals surface area (Å²) in [7, 11) is -0.260. The lowest BCUT2D eigenvalue weighted by molar-refractivity contribution is 0.0697. The smallest absolute Gasteiger partial charge is 0.337 e. The van der Waals surface area contributed by atoms with Gasteiger partial charge in [-0.1, -0.05) is 12.1 Å². The summed E-state index contributed by atoms with van der Waals surface area (Å²) in [5.41, 5.74) is 0.256. The lowest BCUT2D eigenvalue weighted by Gasteiger charge is -2.25. The Labute approximate surface area is 123 Å². The van der Waals surface area contributed by atoms with E-state index in [9.17, 15) is 18.0 Å². The van der Waals surface area contributed by atoms with Gasteiger partial charge in [0.25, 0.3) is 0 Å². The number of sulfone groups is 1. The van der Waals surface area contributed by atoms with Crippen molar-refractivity contribution in [3.05, 3.63) is 29.8 Å². The van der Waals surface area contributed by atoms with Crippen molar-refractivity contribution in [1.82, 2.24) is 4.90 Å². The highest BCUT2D eigenvalue weighted by molar-refractivity contribution is 7.90. The van der Waals surface area contributed by atoms with Crippen molar-refractivity contribution in [2.45, 2.75) is 0 Å². The molecule has 0 aromatic heterocycles. The number of carboxylic acids is 1. The molecule has 1 aromatic rings. The average molecular weight is 314 g/mol. The monoisotopic (exact) mass is 314 g/mol. The Morgan fingerprint density at radius 3 is 2.29 bits per heavy atom. The molecular formula is C13H18N2O5S. The SMILES string of the molecule is CN(CCS(C)(=O)=O)C(=O)N(C)c1ccccc1C(=O)O. The molecule has 1 aromatic carbocycles. The number of carbonyl (C=O) groups is 2. The minimum atomic E-state index is -3.17. The zero-order valence-corrected chi connectivity index (χ0v) is 12.9. The van der Waals surface area contributed by atoms with Gasteiger partial charge < -0.3 is 10.0 Å². The molecule has 21 heavy (non-hydrogen) atoms. The van der Waals surface area contributed by atoms with Crippen molar-refractivity contribution in [3.63, 3.8) is 0 Å². The van der Waals surface area contributed by atoms with E-state index >= 15 is 0 Å². The Hall–Kier alpha value is -2.09. The van der Waals surface area contributed by atoms with E-state index in [1.165, 1.54) is 36.0 Å². The van der Waals surface area contributed by atoms with E-state index in [0.29, 0.717) is 0 Å². The van der Waals surface area contributed by atoms with Crippen molar-refractivity contribution in [3.8, 4) is 0 Å². The molecular weight excluding hydrogens is 296 g/mol. The molecule has 1 N–H and O–H groups in total. The van der Waals surface area contributed by atoms with Crippen molar-refractivity contribution < 1.29 is 23.1 Å². The Morgan fingerprint density at radius 1 is 1.19 bits per heavy atom. The summed E-state index contributed by atoms with van der Waals surface area (Å²) in [6, 6.07) is 5.64. The van der Waals surface area contributed by atoms with E-state index in [1.807, 2.05) is 0 Å². The number of para-hydroxylation sites is 1. The van der Waals surface area contributed by atoms with Crippen LogP contribution in [0.25, 0.3) is 0 Å². The summed E-state index contributed by atoms with van der Waals surface area (Å²) in [4.78, 5) is 25.8. The lowest BCUT2D eigenvalue weighted by atomic mass is 10.1. The molecule has 0 aliphatic rings. The van der Waals surface area contributed by atoms with E-state index in [0.717, 1.165) is 6.26 Å². The van der Waals surface area contributed by atoms with Gasteiger partial charge in [-0.15, -0.1) is 0 Å². The molecule has 116 valence electrons. The van der Waals surface area contributed by atoms with Crippen molar-refractivity contribution in [1.29, 1.82) is 0 Å². The van der Waals surface area contributed by atoms with E-state index in [-0.39, 0.29) is 23.5 Å². The zero-order chi connectivity index (χ0) is 16.2. The number of benzene rings is 1. The third-order valence-corrected chi connectivity index (χ3v) is 3.83. The molecule has 0 saturated carbocycles. The number of urea groups is 1. The van der Waals surface area contributed by atoms with Gasteiger partial charge in [0, 0.05) is 26.9 Å². The first-order valence-electron chi connectivity index (χ1n) is 6.12. The second kappa shape index (κ2) is 6.57. The quantitative estimate of drug-likeness (QED) is 0.872. The summed E-state index contributed by atoms with van der Waals surface area (Å²) >= 11 is 0. The minimum absolute atomic E-state index is 0.00450. The zero-order valence-electron chi connectivity index (χ0n) is 12.1. The van der Waals surface area contributed by atoms with Gasteiger partial charge in [0.1, 0.15) is 9.84 Å². The van der Waals surface area contributed by atoms with E-state index in [2.05, 4.69) is 0 Å². The second-order valence-corrected chi connectivity index (χ2v) is 6.98. The van der Waals surface area contributed by atoms with Gasteiger partial charge in [-0.25, -0.2) is 18.0 Å². The van der Waals surface area contributed by atoms with Crippen LogP contribution < -0.4 is 4.90 Å². The summed E-state index contributed by atoms with van der Waals surface area (Å²) in [6.45, 7) is 0.0389. The molecule has 0 unspecified atom stereocenters. The molecule has 2 amide bonds. The van der Waals surface area contributed by atoms with Crippen molar-refractivity contribution in [2.24, 2.45) is 0 Å². The van der Waals surface area contributed by atoms with Crippen LogP contribution in [0.2, 0.25) is 0 Å². The Morgan fingerprint density at radius 2 is 1.76 bits per heavy atom. The predicted octanol–water partition coefficient (Wildman–Crippen LogP) is 0.917. The molecule has 0 spiro atoms. The van der Waals surface area contributed by atoms with Crippen molar-refractivity contribution in [2.75, 3.05) is 37.5 Å². The fourth-order valence-corrected chi connectivity index (χ4v) is 2.31. The van der Waals surface area contributed by atoms with Crippen LogP contribution in [0.5, 0.6) is 0 Å². The fourth-order valence-electron chi connectivity index (χ4n) is 1.70. The molecule has 0 aliphatic carbocycles. The third-order valence-electron chi connectivity index (χ3n) is 2.91. The molecule has 0 fully saturated rings. The van der Waals surface area contributed by atoms with Crippen LogP contribution in [0, 0.1) is 0 Å². The summed E-state index contributed by atoms with van der Waals surface area (Å²) in [5.74, 6) is -1.28. The van der Waals surface area contributed by atoms with Crippen molar-refractivity contribution >= 4 is 27.5 Å². The second-order valence-electron chi connectivity index (χ2n) is 4.72. The Kier molecular flexibility index (Phi) is 5.31. The highest BCUT2D eigenvalue weighted by Crippen LogP contribution is 2.20. The molecule has 0 aliphatic heterocycles. The average Bonchev–Trinajstić information content (AvgIpc) is 2.42. The Balaban J connectivity index is 2.90. The number of aromatic carboxylic acids is 1. The molecule has 0 radical (unpaired) electrons. The van der Waals surface area contributed by atoms with Crippen LogP contribution in [0.4, 0.5) is 10.5 Å². The normalized spacial score (nSPS) is 11.0. The summed E-state index contributed by atoms with van der Waals surface area (Å²) < 4.78 is 22.2. The van der Waals surface area contributed by atoms with Crippen LogP contribution >= 0.6 is 0 Å². The first kappa shape index (κ1) is 17.0. The van der Waals surface area contributed by atoms with Gasteiger partial charge >= 0.3 is 12.0 Å². The van der Waals surface area contributed by atoms with Gasteiger partial charge in [0.15, 0.2) is 0 Å². The van der Waals surface area contributed by atoms with Gasteiger partial charge in [-0.2, -0.15) is 0 Å². The van der Waals surface area contributed by atoms with E-state index in [1.54, 1.807) is 12.1 Å². The molecule has 8 heteroatoms. The van der Waals surface area contributed by atoms with Crippen LogP contribution in [0.3, 0.4) is 0 Å². The molecule has 0 heterocycles. The number of anilines is 1. The maximum Gasteiger partial charge on any atom is 0.337 e. The third kappa shape index (κ3) is 4.75. The fraction of sp³-hybridized carbons (Fsp3) is 0.385. The predicted molar refractivity (Wildman–Crippen MR) is 79.5 cm³/mol.